The molecule has 0 spiro atoms. The molecule has 0 N–H and O–H groups in total. The summed E-state index contributed by atoms with van der Waals surface area (Å²) in [4.78, 5) is 14.6. The van der Waals surface area contributed by atoms with Crippen LogP contribution in [0, 0.1) is 0 Å². The second kappa shape index (κ2) is 7.68. The van der Waals surface area contributed by atoms with Gasteiger partial charge < -0.3 is 14.4 Å². The van der Waals surface area contributed by atoms with Crippen LogP contribution >= 0.6 is 11.6 Å². The van der Waals surface area contributed by atoms with E-state index in [1.807, 2.05) is 12.1 Å². The third-order valence-electron chi connectivity index (χ3n) is 4.57. The maximum absolute atomic E-state index is 12.9. The van der Waals surface area contributed by atoms with Gasteiger partial charge in [-0.1, -0.05) is 35.9 Å². The molecule has 3 rings (SSSR count). The van der Waals surface area contributed by atoms with Gasteiger partial charge in [0.2, 0.25) is 0 Å². The van der Waals surface area contributed by atoms with Crippen molar-refractivity contribution in [3.8, 4) is 5.75 Å². The maximum Gasteiger partial charge on any atom is 0.266 e. The zero-order valence-electron chi connectivity index (χ0n) is 15.4. The normalized spacial score (nSPS) is 16.7. The Kier molecular flexibility index (Phi) is 5.54. The maximum atomic E-state index is 12.9. The van der Waals surface area contributed by atoms with Crippen molar-refractivity contribution < 1.29 is 14.3 Å². The van der Waals surface area contributed by atoms with E-state index in [0.717, 1.165) is 6.42 Å². The average Bonchev–Trinajstić information content (AvgIpc) is 2.62. The number of halogens is 1. The number of nitrogens with zero attached hydrogens (tertiary/aromatic N) is 1. The van der Waals surface area contributed by atoms with Crippen molar-refractivity contribution in [3.05, 3.63) is 64.7 Å². The van der Waals surface area contributed by atoms with Crippen LogP contribution in [0.15, 0.2) is 48.5 Å². The fourth-order valence-electron chi connectivity index (χ4n) is 3.22. The van der Waals surface area contributed by atoms with Gasteiger partial charge in [0.25, 0.3) is 5.91 Å². The molecule has 5 heteroatoms. The van der Waals surface area contributed by atoms with Gasteiger partial charge in [0, 0.05) is 25.0 Å². The van der Waals surface area contributed by atoms with Gasteiger partial charge in [0.05, 0.1) is 12.7 Å². The van der Waals surface area contributed by atoms with Crippen molar-refractivity contribution in [2.24, 2.45) is 0 Å². The lowest BCUT2D eigenvalue weighted by Gasteiger charge is -2.33. The highest BCUT2D eigenvalue weighted by Crippen LogP contribution is 2.24. The minimum Gasteiger partial charge on any atom is -0.478 e. The highest BCUT2D eigenvalue weighted by atomic mass is 35.5. The van der Waals surface area contributed by atoms with Crippen LogP contribution < -0.4 is 4.74 Å². The predicted molar refractivity (Wildman–Crippen MR) is 103 cm³/mol. The van der Waals surface area contributed by atoms with Crippen LogP contribution in [-0.4, -0.2) is 36.1 Å². The lowest BCUT2D eigenvalue weighted by molar-refractivity contribution is -0.146. The first-order chi connectivity index (χ1) is 12.3. The molecular formula is C21H24ClNO3. The van der Waals surface area contributed by atoms with Gasteiger partial charge in [-0.3, -0.25) is 4.79 Å². The Bertz CT molecular complexity index is 773. The summed E-state index contributed by atoms with van der Waals surface area (Å²) in [5.41, 5.74) is 1.54. The summed E-state index contributed by atoms with van der Waals surface area (Å²) in [5, 5.41) is 0.633. The smallest absolute Gasteiger partial charge is 0.266 e. The molecule has 0 aromatic heterocycles. The lowest BCUT2D eigenvalue weighted by Crippen LogP contribution is -2.50. The van der Waals surface area contributed by atoms with Crippen molar-refractivity contribution in [1.29, 1.82) is 0 Å². The molecule has 138 valence electrons. The summed E-state index contributed by atoms with van der Waals surface area (Å²) in [6.45, 7) is 4.67. The Labute approximate surface area is 159 Å². The van der Waals surface area contributed by atoms with Gasteiger partial charge in [-0.15, -0.1) is 0 Å². The molecule has 1 unspecified atom stereocenters. The van der Waals surface area contributed by atoms with Crippen molar-refractivity contribution in [1.82, 2.24) is 4.90 Å². The second-order valence-electron chi connectivity index (χ2n) is 7.16. The molecular weight excluding hydrogens is 350 g/mol. The van der Waals surface area contributed by atoms with Crippen LogP contribution in [0.4, 0.5) is 0 Å². The van der Waals surface area contributed by atoms with Crippen LogP contribution in [0.25, 0.3) is 0 Å². The van der Waals surface area contributed by atoms with Gasteiger partial charge in [-0.2, -0.15) is 0 Å². The van der Waals surface area contributed by atoms with E-state index in [-0.39, 0.29) is 12.0 Å². The number of rotatable bonds is 5. The van der Waals surface area contributed by atoms with E-state index in [1.165, 1.54) is 11.1 Å². The molecule has 4 nitrogen and oxygen atoms in total. The minimum atomic E-state index is -0.977. The summed E-state index contributed by atoms with van der Waals surface area (Å²) < 4.78 is 11.8. The van der Waals surface area contributed by atoms with Crippen LogP contribution in [0.3, 0.4) is 0 Å². The highest BCUT2D eigenvalue weighted by molar-refractivity contribution is 6.30. The van der Waals surface area contributed by atoms with Crippen LogP contribution in [-0.2, 0) is 22.6 Å². The number of carbonyl (C=O) groups excluding carboxylic acids is 1. The first-order valence-electron chi connectivity index (χ1n) is 8.74. The van der Waals surface area contributed by atoms with Crippen molar-refractivity contribution in [2.75, 3.05) is 13.6 Å². The number of hydrogen-bond acceptors (Lipinski definition) is 3. The molecule has 2 aromatic carbocycles. The van der Waals surface area contributed by atoms with Crippen molar-refractivity contribution in [3.63, 3.8) is 0 Å². The summed E-state index contributed by atoms with van der Waals surface area (Å²) in [6, 6.07) is 15.3. The van der Waals surface area contributed by atoms with Gasteiger partial charge in [0.1, 0.15) is 5.75 Å². The van der Waals surface area contributed by atoms with E-state index < -0.39 is 5.60 Å². The van der Waals surface area contributed by atoms with E-state index in [2.05, 4.69) is 12.1 Å². The number of hydrogen-bond donors (Lipinski definition) is 0. The quantitative estimate of drug-likeness (QED) is 0.792. The summed E-state index contributed by atoms with van der Waals surface area (Å²) in [7, 11) is 1.79. The Balaban J connectivity index is 1.61. The number of fused-ring (bicyclic) bond motifs is 1. The molecule has 2 aromatic rings. The number of carbonyl (C=O) groups is 1. The molecule has 26 heavy (non-hydrogen) atoms. The lowest BCUT2D eigenvalue weighted by atomic mass is 9.98. The second-order valence-corrected chi connectivity index (χ2v) is 7.59. The Morgan fingerprint density at radius 3 is 2.54 bits per heavy atom. The third-order valence-corrected chi connectivity index (χ3v) is 4.82. The van der Waals surface area contributed by atoms with E-state index in [1.54, 1.807) is 50.1 Å². The number of ether oxygens (including phenoxy) is 2. The van der Waals surface area contributed by atoms with E-state index in [0.29, 0.717) is 23.9 Å². The zero-order valence-corrected chi connectivity index (χ0v) is 16.1. The standard InChI is InChI=1S/C21H24ClNO3/c1-21(2,26-18-10-8-17(22)9-11-18)20(24)23(3)13-19-12-15-6-4-5-7-16(15)14-25-19/h4-11,19H,12-14H2,1-3H3. The molecule has 0 saturated carbocycles. The first-order valence-corrected chi connectivity index (χ1v) is 9.11. The SMILES string of the molecule is CN(CC1Cc2ccccc2CO1)C(=O)C(C)(C)Oc1ccc(Cl)cc1. The number of benzene rings is 2. The summed E-state index contributed by atoms with van der Waals surface area (Å²) >= 11 is 5.90. The first kappa shape index (κ1) is 18.7. The molecule has 1 atom stereocenters. The molecule has 1 aliphatic rings. The predicted octanol–water partition coefficient (Wildman–Crippen LogP) is 4.10. The van der Waals surface area contributed by atoms with Gasteiger partial charge in [0.15, 0.2) is 5.60 Å². The Morgan fingerprint density at radius 1 is 1.19 bits per heavy atom. The molecule has 1 amide bonds. The van der Waals surface area contributed by atoms with E-state index in [4.69, 9.17) is 21.1 Å². The molecule has 0 aliphatic carbocycles. The number of amides is 1. The summed E-state index contributed by atoms with van der Waals surface area (Å²) in [6.07, 6.45) is 0.803. The van der Waals surface area contributed by atoms with Gasteiger partial charge in [-0.25, -0.2) is 0 Å². The molecule has 0 fully saturated rings. The zero-order chi connectivity index (χ0) is 18.7. The van der Waals surface area contributed by atoms with Crippen LogP contribution in [0.2, 0.25) is 5.02 Å². The van der Waals surface area contributed by atoms with E-state index in [9.17, 15) is 4.79 Å². The highest BCUT2D eigenvalue weighted by Gasteiger charge is 2.34. The van der Waals surface area contributed by atoms with Crippen molar-refractivity contribution >= 4 is 17.5 Å². The summed E-state index contributed by atoms with van der Waals surface area (Å²) in [5.74, 6) is 0.527. The van der Waals surface area contributed by atoms with Gasteiger partial charge >= 0.3 is 0 Å². The van der Waals surface area contributed by atoms with E-state index >= 15 is 0 Å². The Morgan fingerprint density at radius 2 is 1.85 bits per heavy atom. The van der Waals surface area contributed by atoms with Crippen molar-refractivity contribution in [2.45, 2.75) is 38.6 Å². The fourth-order valence-corrected chi connectivity index (χ4v) is 3.34. The largest absolute Gasteiger partial charge is 0.478 e. The average molecular weight is 374 g/mol. The molecule has 1 aliphatic heterocycles. The Hall–Kier alpha value is -2.04. The van der Waals surface area contributed by atoms with Crippen LogP contribution in [0.1, 0.15) is 25.0 Å². The molecule has 0 bridgehead atoms. The molecule has 0 saturated heterocycles. The fraction of sp³-hybridized carbons (Fsp3) is 0.381. The van der Waals surface area contributed by atoms with Crippen LogP contribution in [0.5, 0.6) is 5.75 Å². The number of likely N-dealkylation sites (N-methyl/N-ethyl adjacent to an activating group) is 1. The monoisotopic (exact) mass is 373 g/mol. The third kappa shape index (κ3) is 4.37. The molecule has 1 heterocycles. The molecule has 0 radical (unpaired) electrons. The van der Waals surface area contributed by atoms with Gasteiger partial charge in [-0.05, 0) is 49.2 Å². The topological polar surface area (TPSA) is 38.8 Å². The minimum absolute atomic E-state index is 0.00909.